The summed E-state index contributed by atoms with van der Waals surface area (Å²) in [4.78, 5) is 16.7. The molecule has 1 N–H and O–H groups in total. The van der Waals surface area contributed by atoms with Crippen LogP contribution in [0.25, 0.3) is 11.0 Å². The molecule has 0 spiro atoms. The molecule has 158 valence electrons. The Balaban J connectivity index is 1.27. The van der Waals surface area contributed by atoms with Crippen molar-refractivity contribution in [2.75, 3.05) is 13.7 Å². The van der Waals surface area contributed by atoms with Gasteiger partial charge in [0.1, 0.15) is 16.8 Å². The lowest BCUT2D eigenvalue weighted by molar-refractivity contribution is -0.124. The van der Waals surface area contributed by atoms with Crippen molar-refractivity contribution in [2.24, 2.45) is 0 Å². The molecule has 1 aromatic carbocycles. The third kappa shape index (κ3) is 4.79. The second-order valence-corrected chi connectivity index (χ2v) is 8.12. The monoisotopic (exact) mass is 448 g/mol. The minimum Gasteiger partial charge on any atom is -0.484 e. The van der Waals surface area contributed by atoms with Gasteiger partial charge in [-0.15, -0.1) is 0 Å². The number of pyridine rings is 1. The molecule has 0 radical (unpaired) electrons. The van der Waals surface area contributed by atoms with E-state index in [0.717, 1.165) is 36.7 Å². The summed E-state index contributed by atoms with van der Waals surface area (Å²) < 4.78 is 12.7. The molecule has 4 rings (SSSR count). The van der Waals surface area contributed by atoms with Gasteiger partial charge in [-0.3, -0.25) is 9.48 Å². The van der Waals surface area contributed by atoms with Gasteiger partial charge in [-0.05, 0) is 43.9 Å². The number of rotatable bonds is 6. The zero-order valence-electron chi connectivity index (χ0n) is 16.5. The van der Waals surface area contributed by atoms with Crippen molar-refractivity contribution in [1.82, 2.24) is 20.1 Å². The predicted molar refractivity (Wildman–Crippen MR) is 115 cm³/mol. The number of carbonyl (C=O) groups excluding carboxylic acids is 1. The Morgan fingerprint density at radius 3 is 2.67 bits per heavy atom. The van der Waals surface area contributed by atoms with Gasteiger partial charge >= 0.3 is 0 Å². The maximum Gasteiger partial charge on any atom is 0.258 e. The Kier molecular flexibility index (Phi) is 6.29. The number of nitrogens with one attached hydrogen (secondary N) is 1. The number of halogens is 2. The maximum atomic E-state index is 12.2. The SMILES string of the molecule is COc1ccc2nn(C3CCC(NC(=O)COc4ccc(Cl)c(Cl)c4)CC3)cc2n1. The second kappa shape index (κ2) is 9.10. The van der Waals surface area contributed by atoms with E-state index in [1.54, 1.807) is 25.3 Å². The molecule has 0 unspecified atom stereocenters. The lowest BCUT2D eigenvalue weighted by atomic mass is 9.91. The summed E-state index contributed by atoms with van der Waals surface area (Å²) >= 11 is 11.8. The molecule has 3 aromatic rings. The number of benzene rings is 1. The Morgan fingerprint density at radius 1 is 1.13 bits per heavy atom. The smallest absolute Gasteiger partial charge is 0.258 e. The van der Waals surface area contributed by atoms with E-state index >= 15 is 0 Å². The van der Waals surface area contributed by atoms with Crippen molar-refractivity contribution in [1.29, 1.82) is 0 Å². The largest absolute Gasteiger partial charge is 0.484 e. The molecule has 30 heavy (non-hydrogen) atoms. The van der Waals surface area contributed by atoms with E-state index in [1.165, 1.54) is 0 Å². The highest BCUT2D eigenvalue weighted by atomic mass is 35.5. The summed E-state index contributed by atoms with van der Waals surface area (Å²) in [7, 11) is 1.60. The summed E-state index contributed by atoms with van der Waals surface area (Å²) in [6.45, 7) is -0.0596. The highest BCUT2D eigenvalue weighted by Gasteiger charge is 2.24. The molecule has 0 aliphatic heterocycles. The molecule has 0 saturated heterocycles. The first kappa shape index (κ1) is 20.8. The number of ether oxygens (including phenoxy) is 2. The Morgan fingerprint density at radius 2 is 1.93 bits per heavy atom. The van der Waals surface area contributed by atoms with Crippen molar-refractivity contribution in [3.05, 3.63) is 46.6 Å². The number of hydrogen-bond acceptors (Lipinski definition) is 5. The van der Waals surface area contributed by atoms with Crippen molar-refractivity contribution >= 4 is 40.1 Å². The second-order valence-electron chi connectivity index (χ2n) is 7.30. The van der Waals surface area contributed by atoms with Crippen LogP contribution in [-0.4, -0.2) is 40.4 Å². The third-order valence-electron chi connectivity index (χ3n) is 5.26. The lowest BCUT2D eigenvalue weighted by Crippen LogP contribution is -2.40. The fourth-order valence-electron chi connectivity index (χ4n) is 3.68. The lowest BCUT2D eigenvalue weighted by Gasteiger charge is -2.29. The van der Waals surface area contributed by atoms with Gasteiger partial charge in [-0.2, -0.15) is 5.10 Å². The highest BCUT2D eigenvalue weighted by Crippen LogP contribution is 2.30. The molecular formula is C21H22Cl2N4O3. The van der Waals surface area contributed by atoms with E-state index in [-0.39, 0.29) is 18.6 Å². The van der Waals surface area contributed by atoms with Crippen LogP contribution in [-0.2, 0) is 4.79 Å². The fourth-order valence-corrected chi connectivity index (χ4v) is 3.97. The minimum atomic E-state index is -0.148. The van der Waals surface area contributed by atoms with Gasteiger partial charge in [0.2, 0.25) is 5.88 Å². The van der Waals surface area contributed by atoms with Crippen molar-refractivity contribution in [3.63, 3.8) is 0 Å². The van der Waals surface area contributed by atoms with Gasteiger partial charge in [-0.25, -0.2) is 4.98 Å². The number of amides is 1. The van der Waals surface area contributed by atoms with Crippen LogP contribution in [0.5, 0.6) is 11.6 Å². The van der Waals surface area contributed by atoms with Crippen molar-refractivity contribution in [2.45, 2.75) is 37.8 Å². The van der Waals surface area contributed by atoms with E-state index in [9.17, 15) is 4.79 Å². The average Bonchev–Trinajstić information content (AvgIpc) is 3.18. The summed E-state index contributed by atoms with van der Waals surface area (Å²) in [5.74, 6) is 0.946. The quantitative estimate of drug-likeness (QED) is 0.603. The zero-order chi connectivity index (χ0) is 21.1. The van der Waals surface area contributed by atoms with Crippen LogP contribution in [0.4, 0.5) is 0 Å². The molecule has 1 fully saturated rings. The van der Waals surface area contributed by atoms with E-state index in [4.69, 9.17) is 32.7 Å². The molecule has 1 aliphatic carbocycles. The molecule has 1 saturated carbocycles. The van der Waals surface area contributed by atoms with Crippen LogP contribution in [0.2, 0.25) is 10.0 Å². The molecule has 2 aromatic heterocycles. The predicted octanol–water partition coefficient (Wildman–Crippen LogP) is 4.43. The van der Waals surface area contributed by atoms with Crippen LogP contribution in [0.3, 0.4) is 0 Å². The number of carbonyl (C=O) groups is 1. The molecule has 1 amide bonds. The van der Waals surface area contributed by atoms with Crippen LogP contribution in [0.15, 0.2) is 36.5 Å². The molecule has 0 atom stereocenters. The van der Waals surface area contributed by atoms with Gasteiger partial charge in [0, 0.05) is 18.2 Å². The molecule has 9 heteroatoms. The molecule has 2 heterocycles. The average molecular weight is 449 g/mol. The first-order valence-corrected chi connectivity index (χ1v) is 10.5. The van der Waals surface area contributed by atoms with Gasteiger partial charge in [0.05, 0.1) is 29.4 Å². The number of aromatic nitrogens is 3. The summed E-state index contributed by atoms with van der Waals surface area (Å²) in [5, 5.41) is 8.54. The summed E-state index contributed by atoms with van der Waals surface area (Å²) in [6, 6.07) is 9.08. The van der Waals surface area contributed by atoms with Gasteiger partial charge < -0.3 is 14.8 Å². The number of methoxy groups -OCH3 is 1. The molecule has 1 aliphatic rings. The van der Waals surface area contributed by atoms with E-state index < -0.39 is 0 Å². The minimum absolute atomic E-state index is 0.0596. The molecule has 0 bridgehead atoms. The summed E-state index contributed by atoms with van der Waals surface area (Å²) in [5.41, 5.74) is 1.68. The van der Waals surface area contributed by atoms with Crippen molar-refractivity contribution in [3.8, 4) is 11.6 Å². The molecule has 7 nitrogen and oxygen atoms in total. The van der Waals surface area contributed by atoms with Gasteiger partial charge in [0.15, 0.2) is 6.61 Å². The van der Waals surface area contributed by atoms with Crippen LogP contribution in [0, 0.1) is 0 Å². The first-order chi connectivity index (χ1) is 14.5. The topological polar surface area (TPSA) is 78.3 Å². The Bertz CT molecular complexity index is 1050. The van der Waals surface area contributed by atoms with E-state index in [2.05, 4.69) is 15.4 Å². The Hall–Kier alpha value is -2.51. The fraction of sp³-hybridized carbons (Fsp3) is 0.381. The van der Waals surface area contributed by atoms with Gasteiger partial charge in [0.25, 0.3) is 5.91 Å². The van der Waals surface area contributed by atoms with E-state index in [1.807, 2.05) is 23.0 Å². The van der Waals surface area contributed by atoms with Crippen LogP contribution >= 0.6 is 23.2 Å². The van der Waals surface area contributed by atoms with E-state index in [0.29, 0.717) is 27.7 Å². The number of nitrogens with zero attached hydrogens (tertiary/aromatic N) is 3. The summed E-state index contributed by atoms with van der Waals surface area (Å²) in [6.07, 6.45) is 5.60. The normalized spacial score (nSPS) is 18.9. The standard InChI is InChI=1S/C21H22Cl2N4O3/c1-29-21-9-8-18-19(25-21)11-27(26-18)14-4-2-13(3-5-14)24-20(28)12-30-15-6-7-16(22)17(23)10-15/h6-11,13-14H,2-5,12H2,1H3,(H,24,28). The number of fused-ring (bicyclic) bond motifs is 1. The van der Waals surface area contributed by atoms with Crippen molar-refractivity contribution < 1.29 is 14.3 Å². The number of hydrogen-bond donors (Lipinski definition) is 1. The maximum absolute atomic E-state index is 12.2. The Labute approximate surface area is 184 Å². The van der Waals surface area contributed by atoms with Gasteiger partial charge in [-0.1, -0.05) is 23.2 Å². The third-order valence-corrected chi connectivity index (χ3v) is 6.00. The zero-order valence-corrected chi connectivity index (χ0v) is 18.0. The van der Waals surface area contributed by atoms with Crippen LogP contribution < -0.4 is 14.8 Å². The first-order valence-electron chi connectivity index (χ1n) is 9.79. The molecular weight excluding hydrogens is 427 g/mol. The highest BCUT2D eigenvalue weighted by molar-refractivity contribution is 6.42. The van der Waals surface area contributed by atoms with Crippen LogP contribution in [0.1, 0.15) is 31.7 Å².